The van der Waals surface area contributed by atoms with Gasteiger partial charge in [0.2, 0.25) is 0 Å². The van der Waals surface area contributed by atoms with E-state index in [1.165, 1.54) is 6.07 Å². The molecule has 0 saturated heterocycles. The van der Waals surface area contributed by atoms with Gasteiger partial charge in [-0.15, -0.1) is 0 Å². The summed E-state index contributed by atoms with van der Waals surface area (Å²) in [7, 11) is 0. The Morgan fingerprint density at radius 3 is 2.28 bits per heavy atom. The van der Waals surface area contributed by atoms with E-state index in [2.05, 4.69) is 4.99 Å². The fourth-order valence-electron chi connectivity index (χ4n) is 3.47. The molecule has 1 aliphatic heterocycles. The van der Waals surface area contributed by atoms with E-state index in [9.17, 15) is 14.7 Å². The van der Waals surface area contributed by atoms with E-state index in [1.807, 2.05) is 12.1 Å². The number of thioether (sulfide) groups is 1. The van der Waals surface area contributed by atoms with Gasteiger partial charge < -0.3 is 14.6 Å². The molecular weight excluding hydrogens is 604 g/mol. The molecule has 0 aromatic heterocycles. The van der Waals surface area contributed by atoms with Crippen molar-refractivity contribution < 1.29 is 24.2 Å². The maximum Gasteiger partial charge on any atom is 0.344 e. The van der Waals surface area contributed by atoms with E-state index < -0.39 is 11.9 Å². The molecule has 0 unspecified atom stereocenters. The van der Waals surface area contributed by atoms with Gasteiger partial charge in [0.05, 0.1) is 32.1 Å². The predicted molar refractivity (Wildman–Crippen MR) is 157 cm³/mol. The SMILES string of the molecule is CCOC(=O)C1=C(O)/C(=C/c2cc(Cl)c(OCc3ccc(Cl)cc3)c(Cl)c2)SC1=NC(=O)c1ccccc1Cl. The highest BCUT2D eigenvalue weighted by Crippen LogP contribution is 2.41. The highest BCUT2D eigenvalue weighted by atomic mass is 35.5. The van der Waals surface area contributed by atoms with Crippen molar-refractivity contribution in [2.75, 3.05) is 6.61 Å². The van der Waals surface area contributed by atoms with Gasteiger partial charge in [0.25, 0.3) is 5.91 Å². The second-order valence-corrected chi connectivity index (χ2v) is 10.7. The van der Waals surface area contributed by atoms with Crippen LogP contribution in [0.4, 0.5) is 0 Å². The molecule has 0 atom stereocenters. The number of hydrogen-bond donors (Lipinski definition) is 1. The summed E-state index contributed by atoms with van der Waals surface area (Å²) in [5.41, 5.74) is 1.31. The largest absolute Gasteiger partial charge is 0.506 e. The minimum atomic E-state index is -0.821. The normalized spacial score (nSPS) is 15.2. The maximum absolute atomic E-state index is 12.8. The quantitative estimate of drug-likeness (QED) is 0.266. The van der Waals surface area contributed by atoms with E-state index in [1.54, 1.807) is 55.5 Å². The molecule has 1 N–H and O–H groups in total. The number of carbonyl (C=O) groups is 2. The van der Waals surface area contributed by atoms with Crippen LogP contribution in [-0.2, 0) is 16.1 Å². The molecule has 200 valence electrons. The van der Waals surface area contributed by atoms with Crippen LogP contribution in [0.25, 0.3) is 6.08 Å². The van der Waals surface area contributed by atoms with Gasteiger partial charge >= 0.3 is 5.97 Å². The van der Waals surface area contributed by atoms with Crippen molar-refractivity contribution in [2.45, 2.75) is 13.5 Å². The van der Waals surface area contributed by atoms with Crippen LogP contribution in [0.1, 0.15) is 28.4 Å². The molecule has 0 bridgehead atoms. The number of benzene rings is 3. The number of halogens is 4. The molecule has 4 rings (SSSR count). The second kappa shape index (κ2) is 12.9. The first-order valence-electron chi connectivity index (χ1n) is 11.4. The van der Waals surface area contributed by atoms with E-state index in [4.69, 9.17) is 55.9 Å². The molecule has 3 aromatic rings. The Morgan fingerprint density at radius 1 is 0.974 bits per heavy atom. The number of aliphatic hydroxyl groups is 1. The Balaban J connectivity index is 1.63. The number of aliphatic imine (C=N–C) groups is 1. The summed E-state index contributed by atoms with van der Waals surface area (Å²) >= 11 is 25.9. The van der Waals surface area contributed by atoms with Crippen LogP contribution in [0.3, 0.4) is 0 Å². The molecule has 0 aliphatic carbocycles. The van der Waals surface area contributed by atoms with Gasteiger partial charge in [-0.05, 0) is 60.5 Å². The Hall–Kier alpha value is -2.94. The molecule has 0 radical (unpaired) electrons. The number of esters is 1. The number of amides is 1. The van der Waals surface area contributed by atoms with Crippen LogP contribution in [0.15, 0.2) is 81.9 Å². The average molecular weight is 623 g/mol. The molecular formula is C28H19Cl4NO5S. The molecule has 39 heavy (non-hydrogen) atoms. The number of aliphatic hydroxyl groups excluding tert-OH is 1. The van der Waals surface area contributed by atoms with Gasteiger partial charge in [-0.1, -0.05) is 82.4 Å². The van der Waals surface area contributed by atoms with Crippen molar-refractivity contribution in [2.24, 2.45) is 4.99 Å². The fourth-order valence-corrected chi connectivity index (χ4v) is 5.44. The van der Waals surface area contributed by atoms with Crippen LogP contribution in [0, 0.1) is 0 Å². The molecule has 1 heterocycles. The smallest absolute Gasteiger partial charge is 0.344 e. The molecule has 0 fully saturated rings. The molecule has 6 nitrogen and oxygen atoms in total. The highest BCUT2D eigenvalue weighted by molar-refractivity contribution is 8.18. The van der Waals surface area contributed by atoms with Gasteiger partial charge in [-0.25, -0.2) is 9.79 Å². The van der Waals surface area contributed by atoms with E-state index in [0.29, 0.717) is 10.6 Å². The zero-order valence-electron chi connectivity index (χ0n) is 20.2. The lowest BCUT2D eigenvalue weighted by atomic mass is 10.1. The minimum Gasteiger partial charge on any atom is -0.506 e. The van der Waals surface area contributed by atoms with Crippen molar-refractivity contribution >= 4 is 81.2 Å². The number of ether oxygens (including phenoxy) is 2. The third kappa shape index (κ3) is 6.99. The predicted octanol–water partition coefficient (Wildman–Crippen LogP) is 8.58. The van der Waals surface area contributed by atoms with Gasteiger partial charge in [0.1, 0.15) is 23.0 Å². The van der Waals surface area contributed by atoms with Crippen LogP contribution in [0.2, 0.25) is 20.1 Å². The zero-order chi connectivity index (χ0) is 28.1. The molecule has 1 aliphatic rings. The third-order valence-electron chi connectivity index (χ3n) is 5.29. The Labute approximate surface area is 248 Å². The Morgan fingerprint density at radius 2 is 1.64 bits per heavy atom. The van der Waals surface area contributed by atoms with Crippen molar-refractivity contribution in [3.8, 4) is 5.75 Å². The molecule has 3 aromatic carbocycles. The van der Waals surface area contributed by atoms with Crippen LogP contribution < -0.4 is 4.74 Å². The fraction of sp³-hybridized carbons (Fsp3) is 0.107. The lowest BCUT2D eigenvalue weighted by molar-refractivity contribution is -0.138. The average Bonchev–Trinajstić information content (AvgIpc) is 3.19. The van der Waals surface area contributed by atoms with Crippen molar-refractivity contribution in [1.82, 2.24) is 0 Å². The van der Waals surface area contributed by atoms with Gasteiger partial charge in [0, 0.05) is 5.02 Å². The van der Waals surface area contributed by atoms with Crippen LogP contribution in [0.5, 0.6) is 5.75 Å². The number of rotatable bonds is 7. The van der Waals surface area contributed by atoms with Crippen molar-refractivity contribution in [3.63, 3.8) is 0 Å². The molecule has 1 amide bonds. The standard InChI is InChI=1S/C28H19Cl4NO5S/c1-2-37-28(36)23-24(34)22(39-27(23)33-26(35)18-5-3-4-6-19(18)30)13-16-11-20(31)25(21(32)12-16)38-14-15-7-9-17(29)10-8-15/h3-13,34H,2,14H2,1H3/b22-13-,33-27?. The molecule has 0 saturated carbocycles. The number of hydrogen-bond acceptors (Lipinski definition) is 6. The summed E-state index contributed by atoms with van der Waals surface area (Å²) in [4.78, 5) is 29.8. The van der Waals surface area contributed by atoms with E-state index in [-0.39, 0.29) is 60.9 Å². The number of carbonyl (C=O) groups excluding carboxylic acids is 2. The van der Waals surface area contributed by atoms with E-state index >= 15 is 0 Å². The lowest BCUT2D eigenvalue weighted by Gasteiger charge is -2.11. The van der Waals surface area contributed by atoms with Gasteiger partial charge in [0.15, 0.2) is 5.75 Å². The Kier molecular flexibility index (Phi) is 9.64. The third-order valence-corrected chi connectivity index (χ3v) is 7.46. The summed E-state index contributed by atoms with van der Waals surface area (Å²) in [6.07, 6.45) is 1.56. The van der Waals surface area contributed by atoms with Crippen LogP contribution >= 0.6 is 58.2 Å². The van der Waals surface area contributed by atoms with E-state index in [0.717, 1.165) is 17.3 Å². The first-order chi connectivity index (χ1) is 18.7. The summed E-state index contributed by atoms with van der Waals surface area (Å²) in [5, 5.41) is 12.2. The number of nitrogens with zero attached hydrogens (tertiary/aromatic N) is 1. The Bertz CT molecular complexity index is 1510. The van der Waals surface area contributed by atoms with Crippen molar-refractivity contribution in [1.29, 1.82) is 0 Å². The summed E-state index contributed by atoms with van der Waals surface area (Å²) in [6, 6.07) is 16.7. The molecule has 0 spiro atoms. The maximum atomic E-state index is 12.8. The first-order valence-corrected chi connectivity index (χ1v) is 13.7. The van der Waals surface area contributed by atoms with Gasteiger partial charge in [-0.2, -0.15) is 0 Å². The van der Waals surface area contributed by atoms with Gasteiger partial charge in [-0.3, -0.25) is 4.79 Å². The van der Waals surface area contributed by atoms with Crippen LogP contribution in [-0.4, -0.2) is 28.6 Å². The first kappa shape index (κ1) is 29.1. The molecule has 11 heteroatoms. The second-order valence-electron chi connectivity index (χ2n) is 7.99. The topological polar surface area (TPSA) is 85.2 Å². The lowest BCUT2D eigenvalue weighted by Crippen LogP contribution is -2.14. The summed E-state index contributed by atoms with van der Waals surface area (Å²) < 4.78 is 10.9. The minimum absolute atomic E-state index is 0.0257. The highest BCUT2D eigenvalue weighted by Gasteiger charge is 2.34. The monoisotopic (exact) mass is 621 g/mol. The van der Waals surface area contributed by atoms with Crippen molar-refractivity contribution in [3.05, 3.63) is 114 Å². The summed E-state index contributed by atoms with van der Waals surface area (Å²) in [5.74, 6) is -1.60. The summed E-state index contributed by atoms with van der Waals surface area (Å²) in [6.45, 7) is 1.91. The zero-order valence-corrected chi connectivity index (χ0v) is 24.1.